The summed E-state index contributed by atoms with van der Waals surface area (Å²) in [5.41, 5.74) is -2.75. The molecular formula is C24H23ClF2N4O5. The van der Waals surface area contributed by atoms with Gasteiger partial charge in [0.2, 0.25) is 5.43 Å². The third-order valence-corrected chi connectivity index (χ3v) is 7.43. The van der Waals surface area contributed by atoms with Gasteiger partial charge in [-0.15, -0.1) is 0 Å². The average molecular weight is 521 g/mol. The van der Waals surface area contributed by atoms with Crippen molar-refractivity contribution in [3.63, 3.8) is 0 Å². The molecular weight excluding hydrogens is 498 g/mol. The molecule has 3 aliphatic rings. The minimum atomic E-state index is -1.07. The van der Waals surface area contributed by atoms with Gasteiger partial charge in [-0.1, -0.05) is 16.8 Å². The van der Waals surface area contributed by atoms with Gasteiger partial charge in [0.1, 0.15) is 22.4 Å². The summed E-state index contributed by atoms with van der Waals surface area (Å²) < 4.78 is 29.8. The lowest BCUT2D eigenvalue weighted by Crippen LogP contribution is -2.52. The normalized spacial score (nSPS) is 24.8. The lowest BCUT2D eigenvalue weighted by molar-refractivity contribution is -0.0655. The number of fused-ring (bicyclic) bond motifs is 5. The predicted octanol–water partition coefficient (Wildman–Crippen LogP) is 2.96. The number of rotatable bonds is 3. The van der Waals surface area contributed by atoms with Crippen molar-refractivity contribution in [3.05, 3.63) is 62.6 Å². The van der Waals surface area contributed by atoms with Crippen LogP contribution in [0.2, 0.25) is 0 Å². The number of halogens is 3. The zero-order valence-corrected chi connectivity index (χ0v) is 20.2. The van der Waals surface area contributed by atoms with Crippen molar-refractivity contribution in [2.45, 2.75) is 57.3 Å². The van der Waals surface area contributed by atoms with Crippen molar-refractivity contribution in [2.75, 3.05) is 6.54 Å². The number of hydrogen-bond acceptors (Lipinski definition) is 6. The van der Waals surface area contributed by atoms with Crippen LogP contribution >= 0.6 is 11.6 Å². The summed E-state index contributed by atoms with van der Waals surface area (Å²) in [6.45, 7) is 3.06. The molecule has 2 aromatic rings. The Morgan fingerprint density at radius 3 is 2.67 bits per heavy atom. The Morgan fingerprint density at radius 2 is 2.03 bits per heavy atom. The number of nitrogens with zero attached hydrogens (tertiary/aromatic N) is 3. The summed E-state index contributed by atoms with van der Waals surface area (Å²) in [5.74, 6) is -4.07. The van der Waals surface area contributed by atoms with Gasteiger partial charge in [-0.2, -0.15) is 0 Å². The molecule has 5 rings (SSSR count). The third kappa shape index (κ3) is 3.73. The van der Waals surface area contributed by atoms with Crippen molar-refractivity contribution < 1.29 is 28.3 Å². The summed E-state index contributed by atoms with van der Waals surface area (Å²) >= 11 is 6.14. The Balaban J connectivity index is 1.55. The highest BCUT2D eigenvalue weighted by Gasteiger charge is 2.54. The number of oxime groups is 1. The summed E-state index contributed by atoms with van der Waals surface area (Å²) in [5, 5.41) is 17.3. The first-order chi connectivity index (χ1) is 17.0. The molecule has 190 valence electrons. The molecule has 0 aliphatic carbocycles. The maximum atomic E-state index is 14.2. The largest absolute Gasteiger partial charge is 0.503 e. The van der Waals surface area contributed by atoms with Gasteiger partial charge in [-0.05, 0) is 44.4 Å². The van der Waals surface area contributed by atoms with E-state index in [4.69, 9.17) is 16.4 Å². The molecule has 4 heterocycles. The predicted molar refractivity (Wildman–Crippen MR) is 125 cm³/mol. The van der Waals surface area contributed by atoms with Crippen LogP contribution in [0, 0.1) is 18.6 Å². The van der Waals surface area contributed by atoms with E-state index in [2.05, 4.69) is 10.5 Å². The second kappa shape index (κ2) is 8.58. The highest BCUT2D eigenvalue weighted by atomic mass is 35.5. The molecule has 1 aromatic heterocycles. The number of hydrogen-bond donors (Lipinski definition) is 2. The van der Waals surface area contributed by atoms with Crippen LogP contribution in [0.3, 0.4) is 0 Å². The first kappa shape index (κ1) is 24.2. The lowest BCUT2D eigenvalue weighted by Gasteiger charge is -2.41. The fraction of sp³-hybridized carbons (Fsp3) is 0.417. The van der Waals surface area contributed by atoms with Crippen LogP contribution in [0.1, 0.15) is 64.2 Å². The number of nitrogens with one attached hydrogen (secondary N) is 1. The Hall–Kier alpha value is -3.47. The molecule has 0 saturated carbocycles. The number of benzene rings is 1. The second-order valence-corrected chi connectivity index (χ2v) is 9.96. The van der Waals surface area contributed by atoms with E-state index < -0.39 is 58.4 Å². The topological polar surface area (TPSA) is 113 Å². The zero-order valence-electron chi connectivity index (χ0n) is 19.5. The van der Waals surface area contributed by atoms with Gasteiger partial charge in [0.25, 0.3) is 11.8 Å². The SMILES string of the molecule is Cc1cc(F)c(CNC(=O)c2cn3c(c(O)c2=O)C(=O)N2C[C@@H]3[C@]3(CC[C@@H]2C)CC(Cl)=NO3)c(F)c1. The van der Waals surface area contributed by atoms with E-state index in [9.17, 15) is 28.3 Å². The van der Waals surface area contributed by atoms with Crippen molar-refractivity contribution in [1.29, 1.82) is 0 Å². The number of aromatic hydroxyl groups is 1. The molecule has 2 bridgehead atoms. The smallest absolute Gasteiger partial charge is 0.274 e. The molecule has 1 fully saturated rings. The summed E-state index contributed by atoms with van der Waals surface area (Å²) in [6, 6.07) is 1.44. The van der Waals surface area contributed by atoms with Gasteiger partial charge in [-0.25, -0.2) is 8.78 Å². The van der Waals surface area contributed by atoms with Crippen LogP contribution in [0.15, 0.2) is 28.3 Å². The average Bonchev–Trinajstić information content (AvgIpc) is 3.14. The first-order valence-electron chi connectivity index (χ1n) is 11.4. The van der Waals surface area contributed by atoms with Gasteiger partial charge in [-0.3, -0.25) is 14.4 Å². The highest BCUT2D eigenvalue weighted by Crippen LogP contribution is 2.46. The summed E-state index contributed by atoms with van der Waals surface area (Å²) in [4.78, 5) is 46.5. The lowest BCUT2D eigenvalue weighted by atomic mass is 9.85. The van der Waals surface area contributed by atoms with Gasteiger partial charge in [0, 0.05) is 37.3 Å². The van der Waals surface area contributed by atoms with Crippen molar-refractivity contribution in [1.82, 2.24) is 14.8 Å². The Bertz CT molecular complexity index is 1370. The molecule has 3 atom stereocenters. The van der Waals surface area contributed by atoms with E-state index >= 15 is 0 Å². The van der Waals surface area contributed by atoms with E-state index in [1.54, 1.807) is 4.90 Å². The monoisotopic (exact) mass is 520 g/mol. The maximum Gasteiger partial charge on any atom is 0.274 e. The fourth-order valence-electron chi connectivity index (χ4n) is 5.23. The summed E-state index contributed by atoms with van der Waals surface area (Å²) in [7, 11) is 0. The van der Waals surface area contributed by atoms with Gasteiger partial charge < -0.3 is 24.7 Å². The third-order valence-electron chi connectivity index (χ3n) is 7.23. The first-order valence-corrected chi connectivity index (χ1v) is 11.8. The number of pyridine rings is 1. The number of carbonyl (C=O) groups excluding carboxylic acids is 2. The Morgan fingerprint density at radius 1 is 1.33 bits per heavy atom. The highest BCUT2D eigenvalue weighted by molar-refractivity contribution is 6.65. The molecule has 0 unspecified atom stereocenters. The van der Waals surface area contributed by atoms with Crippen molar-refractivity contribution >= 4 is 28.6 Å². The van der Waals surface area contributed by atoms with E-state index in [1.807, 2.05) is 6.92 Å². The number of amides is 2. The van der Waals surface area contributed by atoms with Crippen LogP contribution < -0.4 is 10.7 Å². The number of carbonyl (C=O) groups is 2. The van der Waals surface area contributed by atoms with E-state index in [-0.39, 0.29) is 35.4 Å². The maximum absolute atomic E-state index is 14.2. The molecule has 1 spiro atoms. The van der Waals surface area contributed by atoms with Crippen LogP contribution in [0.5, 0.6) is 5.75 Å². The van der Waals surface area contributed by atoms with Crippen LogP contribution in [0.4, 0.5) is 8.78 Å². The number of aromatic nitrogens is 1. The zero-order chi connectivity index (χ0) is 25.9. The molecule has 2 N–H and O–H groups in total. The van der Waals surface area contributed by atoms with Crippen LogP contribution in [0.25, 0.3) is 0 Å². The molecule has 36 heavy (non-hydrogen) atoms. The second-order valence-electron chi connectivity index (χ2n) is 9.53. The number of aryl methyl sites for hydroxylation is 1. The summed E-state index contributed by atoms with van der Waals surface area (Å²) in [6.07, 6.45) is 2.50. The Kier molecular flexibility index (Phi) is 5.77. The minimum Gasteiger partial charge on any atom is -0.503 e. The fourth-order valence-corrected chi connectivity index (χ4v) is 5.50. The molecule has 3 aliphatic heterocycles. The molecule has 0 radical (unpaired) electrons. The van der Waals surface area contributed by atoms with Crippen molar-refractivity contribution in [3.8, 4) is 5.75 Å². The minimum absolute atomic E-state index is 0.190. The molecule has 12 heteroatoms. The van der Waals surface area contributed by atoms with E-state index in [0.29, 0.717) is 18.4 Å². The van der Waals surface area contributed by atoms with Gasteiger partial charge in [0.15, 0.2) is 17.0 Å². The van der Waals surface area contributed by atoms with Gasteiger partial charge >= 0.3 is 0 Å². The molecule has 2 amide bonds. The van der Waals surface area contributed by atoms with Crippen LogP contribution in [-0.2, 0) is 11.4 Å². The van der Waals surface area contributed by atoms with Crippen molar-refractivity contribution in [2.24, 2.45) is 5.16 Å². The molecule has 1 saturated heterocycles. The quantitative estimate of drug-likeness (QED) is 0.646. The Labute approximate surface area is 209 Å². The molecule has 9 nitrogen and oxygen atoms in total. The van der Waals surface area contributed by atoms with Crippen LogP contribution in [-0.4, -0.2) is 49.7 Å². The van der Waals surface area contributed by atoms with E-state index in [0.717, 1.165) is 12.1 Å². The standard InChI is InChI=1S/C24H23ClF2N4O5/c1-11-5-15(26)13(16(27)6-11)8-28-22(34)14-9-31-17-10-30(23(35)19(31)21(33)20(14)32)12(2)3-4-24(17)7-18(25)29-36-24/h5-6,9,12,17,33H,3-4,7-8,10H2,1-2H3,(H,28,34)/t12-,17+,24-/m0/s1. The van der Waals surface area contributed by atoms with E-state index in [1.165, 1.54) is 17.7 Å². The van der Waals surface area contributed by atoms with Gasteiger partial charge in [0.05, 0.1) is 6.04 Å². The molecule has 1 aromatic carbocycles.